The molecule has 0 aliphatic heterocycles. The number of aromatic hydroxyl groups is 1. The van der Waals surface area contributed by atoms with Crippen LogP contribution in [0.2, 0.25) is 0 Å². The molecule has 1 N–H and O–H groups in total. The first-order valence-corrected chi connectivity index (χ1v) is 2.87. The van der Waals surface area contributed by atoms with Crippen LogP contribution >= 0.6 is 0 Å². The Labute approximate surface area is 62.0 Å². The van der Waals surface area contributed by atoms with Crippen molar-refractivity contribution in [2.75, 3.05) is 7.11 Å². The fourth-order valence-electron chi connectivity index (χ4n) is 0.699. The summed E-state index contributed by atoms with van der Waals surface area (Å²) in [6.07, 6.45) is 0. The Balaban J connectivity index is 3.24. The van der Waals surface area contributed by atoms with Crippen molar-refractivity contribution in [3.63, 3.8) is 0 Å². The Morgan fingerprint density at radius 3 is 2.55 bits per heavy atom. The number of methoxy groups -OCH3 is 1. The maximum Gasteiger partial charge on any atom is 0.206 e. The van der Waals surface area contributed by atoms with E-state index < -0.39 is 17.4 Å². The van der Waals surface area contributed by atoms with E-state index in [0.717, 1.165) is 6.07 Å². The van der Waals surface area contributed by atoms with E-state index in [1.54, 1.807) is 0 Å². The van der Waals surface area contributed by atoms with Gasteiger partial charge in [-0.3, -0.25) is 0 Å². The molecule has 0 bridgehead atoms. The van der Waals surface area contributed by atoms with Crippen LogP contribution in [-0.4, -0.2) is 12.2 Å². The number of hydrogen-bond acceptors (Lipinski definition) is 2. The Hall–Kier alpha value is -1.32. The lowest BCUT2D eigenvalue weighted by molar-refractivity contribution is 0.359. The first-order valence-electron chi connectivity index (χ1n) is 2.87. The third-order valence-electron chi connectivity index (χ3n) is 1.20. The van der Waals surface area contributed by atoms with E-state index in [2.05, 4.69) is 4.74 Å². The summed E-state index contributed by atoms with van der Waals surface area (Å²) in [5, 5.41) is 8.72. The first kappa shape index (κ1) is 7.78. The molecule has 0 saturated heterocycles. The SMILES string of the molecule is COc1cc(F)cc(O)c1F. The number of halogens is 2. The zero-order chi connectivity index (χ0) is 8.43. The van der Waals surface area contributed by atoms with Gasteiger partial charge in [0, 0.05) is 12.1 Å². The van der Waals surface area contributed by atoms with Crippen LogP contribution in [-0.2, 0) is 0 Å². The van der Waals surface area contributed by atoms with Gasteiger partial charge in [-0.2, -0.15) is 4.39 Å². The molecule has 0 fully saturated rings. The fourth-order valence-corrected chi connectivity index (χ4v) is 0.699. The van der Waals surface area contributed by atoms with Crippen molar-refractivity contribution in [3.8, 4) is 11.5 Å². The van der Waals surface area contributed by atoms with E-state index in [9.17, 15) is 8.78 Å². The minimum absolute atomic E-state index is 0.303. The zero-order valence-electron chi connectivity index (χ0n) is 5.77. The minimum atomic E-state index is -0.950. The molecule has 0 heterocycles. The van der Waals surface area contributed by atoms with Crippen LogP contribution in [0.4, 0.5) is 8.78 Å². The third-order valence-corrected chi connectivity index (χ3v) is 1.20. The summed E-state index contributed by atoms with van der Waals surface area (Å²) in [6.45, 7) is 0. The second-order valence-electron chi connectivity index (χ2n) is 1.94. The molecule has 60 valence electrons. The Morgan fingerprint density at radius 2 is 2.00 bits per heavy atom. The second-order valence-corrected chi connectivity index (χ2v) is 1.94. The smallest absolute Gasteiger partial charge is 0.206 e. The fraction of sp³-hybridized carbons (Fsp3) is 0.143. The quantitative estimate of drug-likeness (QED) is 0.677. The molecule has 0 unspecified atom stereocenters. The van der Waals surface area contributed by atoms with E-state index >= 15 is 0 Å². The van der Waals surface area contributed by atoms with Crippen LogP contribution in [0.15, 0.2) is 12.1 Å². The molecule has 11 heavy (non-hydrogen) atoms. The average Bonchev–Trinajstić information content (AvgIpc) is 1.96. The van der Waals surface area contributed by atoms with Gasteiger partial charge in [0.15, 0.2) is 11.5 Å². The summed E-state index contributed by atoms with van der Waals surface area (Å²) in [7, 11) is 1.19. The lowest BCUT2D eigenvalue weighted by atomic mass is 10.3. The van der Waals surface area contributed by atoms with Crippen LogP contribution in [0.3, 0.4) is 0 Å². The van der Waals surface area contributed by atoms with E-state index in [0.29, 0.717) is 6.07 Å². The highest BCUT2D eigenvalue weighted by atomic mass is 19.1. The predicted octanol–water partition coefficient (Wildman–Crippen LogP) is 1.68. The van der Waals surface area contributed by atoms with Crippen LogP contribution in [0.5, 0.6) is 11.5 Å². The van der Waals surface area contributed by atoms with Crippen molar-refractivity contribution in [2.45, 2.75) is 0 Å². The third kappa shape index (κ3) is 1.39. The second kappa shape index (κ2) is 2.74. The molecular formula is C7H6F2O2. The van der Waals surface area contributed by atoms with E-state index in [-0.39, 0.29) is 5.75 Å². The summed E-state index contributed by atoms with van der Waals surface area (Å²) in [5.74, 6) is -2.74. The molecule has 1 aromatic rings. The van der Waals surface area contributed by atoms with E-state index in [4.69, 9.17) is 5.11 Å². The van der Waals surface area contributed by atoms with Crippen LogP contribution in [0.25, 0.3) is 0 Å². The molecule has 0 spiro atoms. The molecule has 1 rings (SSSR count). The average molecular weight is 160 g/mol. The number of hydrogen-bond donors (Lipinski definition) is 1. The highest BCUT2D eigenvalue weighted by molar-refractivity contribution is 5.35. The van der Waals surface area contributed by atoms with Crippen LogP contribution in [0.1, 0.15) is 0 Å². The van der Waals surface area contributed by atoms with Gasteiger partial charge in [-0.05, 0) is 0 Å². The summed E-state index contributed by atoms with van der Waals surface area (Å²) in [5.41, 5.74) is 0. The minimum Gasteiger partial charge on any atom is -0.505 e. The maximum absolute atomic E-state index is 12.6. The standard InChI is InChI=1S/C7H6F2O2/c1-11-6-3-4(8)2-5(10)7(6)9/h2-3,10H,1H3. The number of benzene rings is 1. The molecule has 4 heteroatoms. The molecule has 0 aliphatic rings. The Morgan fingerprint density at radius 1 is 1.36 bits per heavy atom. The molecule has 0 radical (unpaired) electrons. The van der Waals surface area contributed by atoms with Crippen molar-refractivity contribution >= 4 is 0 Å². The summed E-state index contributed by atoms with van der Waals surface area (Å²) < 4.78 is 29.5. The van der Waals surface area contributed by atoms with Gasteiger partial charge in [-0.15, -0.1) is 0 Å². The van der Waals surface area contributed by atoms with E-state index in [1.165, 1.54) is 7.11 Å². The highest BCUT2D eigenvalue weighted by Crippen LogP contribution is 2.26. The molecule has 0 aliphatic carbocycles. The predicted molar refractivity (Wildman–Crippen MR) is 34.6 cm³/mol. The van der Waals surface area contributed by atoms with Gasteiger partial charge >= 0.3 is 0 Å². The number of rotatable bonds is 1. The lowest BCUT2D eigenvalue weighted by Gasteiger charge is -2.02. The molecule has 0 amide bonds. The molecule has 0 aromatic heterocycles. The topological polar surface area (TPSA) is 29.5 Å². The maximum atomic E-state index is 12.6. The summed E-state index contributed by atoms with van der Waals surface area (Å²) in [4.78, 5) is 0. The van der Waals surface area contributed by atoms with Gasteiger partial charge in [-0.1, -0.05) is 0 Å². The van der Waals surface area contributed by atoms with Gasteiger partial charge in [0.05, 0.1) is 7.11 Å². The zero-order valence-corrected chi connectivity index (χ0v) is 5.77. The van der Waals surface area contributed by atoms with Gasteiger partial charge in [0.2, 0.25) is 5.82 Å². The van der Waals surface area contributed by atoms with Gasteiger partial charge < -0.3 is 9.84 Å². The normalized spacial score (nSPS) is 9.73. The molecule has 0 atom stereocenters. The van der Waals surface area contributed by atoms with Crippen molar-refractivity contribution in [1.29, 1.82) is 0 Å². The van der Waals surface area contributed by atoms with E-state index in [1.807, 2.05) is 0 Å². The number of phenols is 1. The van der Waals surface area contributed by atoms with Crippen LogP contribution in [0, 0.1) is 11.6 Å². The van der Waals surface area contributed by atoms with Crippen molar-refractivity contribution < 1.29 is 18.6 Å². The molecular weight excluding hydrogens is 154 g/mol. The van der Waals surface area contributed by atoms with Crippen LogP contribution < -0.4 is 4.74 Å². The number of phenolic OH excluding ortho intramolecular Hbond substituents is 1. The summed E-state index contributed by atoms with van der Waals surface area (Å²) in [6, 6.07) is 1.53. The van der Waals surface area contributed by atoms with Gasteiger partial charge in [-0.25, -0.2) is 4.39 Å². The number of ether oxygens (including phenoxy) is 1. The van der Waals surface area contributed by atoms with Crippen molar-refractivity contribution in [2.24, 2.45) is 0 Å². The molecule has 0 saturated carbocycles. The first-order chi connectivity index (χ1) is 5.15. The molecule has 2 nitrogen and oxygen atoms in total. The lowest BCUT2D eigenvalue weighted by Crippen LogP contribution is -1.89. The van der Waals surface area contributed by atoms with Crippen molar-refractivity contribution in [1.82, 2.24) is 0 Å². The molecule has 1 aromatic carbocycles. The van der Waals surface area contributed by atoms with Gasteiger partial charge in [0.25, 0.3) is 0 Å². The highest BCUT2D eigenvalue weighted by Gasteiger charge is 2.09. The Kier molecular flexibility index (Phi) is 1.94. The largest absolute Gasteiger partial charge is 0.505 e. The Bertz CT molecular complexity index is 273. The monoisotopic (exact) mass is 160 g/mol. The summed E-state index contributed by atoms with van der Waals surface area (Å²) >= 11 is 0. The van der Waals surface area contributed by atoms with Crippen molar-refractivity contribution in [3.05, 3.63) is 23.8 Å². The van der Waals surface area contributed by atoms with Gasteiger partial charge in [0.1, 0.15) is 5.82 Å².